The largest absolute Gasteiger partial charge is 0.472 e. The molecule has 0 saturated heterocycles. The van der Waals surface area contributed by atoms with Crippen LogP contribution in [-0.4, -0.2) is 96.7 Å². The number of ether oxygens (including phenoxy) is 4. The van der Waals surface area contributed by atoms with Gasteiger partial charge >= 0.3 is 39.5 Å². The second kappa shape index (κ2) is 74.7. The van der Waals surface area contributed by atoms with Crippen LogP contribution in [0.25, 0.3) is 0 Å². The fraction of sp³-hybridized carbons (Fsp3) is 0.711. The Balaban J connectivity index is 5.45. The maximum Gasteiger partial charge on any atom is 0.472 e. The summed E-state index contributed by atoms with van der Waals surface area (Å²) in [5.41, 5.74) is 0. The summed E-state index contributed by atoms with van der Waals surface area (Å²) >= 11 is 0. The molecule has 5 atom stereocenters. The van der Waals surface area contributed by atoms with Gasteiger partial charge in [0.25, 0.3) is 0 Å². The quantitative estimate of drug-likeness (QED) is 0.0128. The zero-order valence-corrected chi connectivity index (χ0v) is 65.8. The lowest BCUT2D eigenvalue weighted by Crippen LogP contribution is -2.30. The van der Waals surface area contributed by atoms with Crippen LogP contribution in [0.5, 0.6) is 0 Å². The molecule has 0 aromatic carbocycles. The number of esters is 4. The zero-order chi connectivity index (χ0) is 74.6. The lowest BCUT2D eigenvalue weighted by molar-refractivity contribution is -0.161. The monoisotopic (exact) mass is 1470 g/mol. The molecule has 0 aromatic rings. The highest BCUT2D eigenvalue weighted by Crippen LogP contribution is 2.45. The molecule has 0 aromatic heterocycles. The van der Waals surface area contributed by atoms with Gasteiger partial charge in [-0.1, -0.05) is 271 Å². The summed E-state index contributed by atoms with van der Waals surface area (Å²) in [6, 6.07) is 0. The van der Waals surface area contributed by atoms with Crippen LogP contribution < -0.4 is 0 Å². The van der Waals surface area contributed by atoms with Crippen molar-refractivity contribution < 1.29 is 80.2 Å². The van der Waals surface area contributed by atoms with Crippen molar-refractivity contribution >= 4 is 39.5 Å². The van der Waals surface area contributed by atoms with E-state index < -0.39 is 97.5 Å². The van der Waals surface area contributed by atoms with Crippen LogP contribution in [0.15, 0.2) is 122 Å². The third-order valence-electron chi connectivity index (χ3n) is 16.4. The molecule has 19 heteroatoms. The highest BCUT2D eigenvalue weighted by atomic mass is 31.2. The second-order valence-corrected chi connectivity index (χ2v) is 29.3. The number of hydrogen-bond donors (Lipinski definition) is 3. The first-order valence-corrected chi connectivity index (χ1v) is 42.8. The number of phosphoric ester groups is 2. The molecule has 586 valence electrons. The predicted octanol–water partition coefficient (Wildman–Crippen LogP) is 23.1. The molecule has 0 aliphatic carbocycles. The van der Waals surface area contributed by atoms with Crippen molar-refractivity contribution in [2.75, 3.05) is 39.6 Å². The Bertz CT molecular complexity index is 2410. The molecule has 17 nitrogen and oxygen atoms in total. The maximum absolute atomic E-state index is 13.1. The summed E-state index contributed by atoms with van der Waals surface area (Å²) in [7, 11) is -9.99. The maximum atomic E-state index is 13.1. The Labute approximate surface area is 619 Å². The van der Waals surface area contributed by atoms with Gasteiger partial charge in [0.2, 0.25) is 0 Å². The van der Waals surface area contributed by atoms with Gasteiger partial charge in [-0.05, 0) is 148 Å². The van der Waals surface area contributed by atoms with Gasteiger partial charge in [0.1, 0.15) is 19.3 Å². The van der Waals surface area contributed by atoms with E-state index in [0.717, 1.165) is 148 Å². The van der Waals surface area contributed by atoms with E-state index in [2.05, 4.69) is 137 Å². The van der Waals surface area contributed by atoms with Crippen molar-refractivity contribution in [1.29, 1.82) is 0 Å². The Morgan fingerprint density at radius 2 is 0.520 bits per heavy atom. The van der Waals surface area contributed by atoms with Crippen LogP contribution in [0.2, 0.25) is 0 Å². The van der Waals surface area contributed by atoms with Gasteiger partial charge < -0.3 is 33.8 Å². The first kappa shape index (κ1) is 97.5. The van der Waals surface area contributed by atoms with Crippen LogP contribution in [-0.2, 0) is 65.4 Å². The number of carbonyl (C=O) groups excluding carboxylic acids is 4. The van der Waals surface area contributed by atoms with Crippen molar-refractivity contribution in [3.63, 3.8) is 0 Å². The number of allylic oxidation sites excluding steroid dienone is 20. The van der Waals surface area contributed by atoms with E-state index in [1.54, 1.807) is 0 Å². The minimum atomic E-state index is -5.00. The van der Waals surface area contributed by atoms with Crippen LogP contribution in [0, 0.1) is 0 Å². The van der Waals surface area contributed by atoms with Crippen LogP contribution >= 0.6 is 15.6 Å². The molecule has 0 radical (unpaired) electrons. The van der Waals surface area contributed by atoms with E-state index in [-0.39, 0.29) is 25.7 Å². The molecule has 0 saturated carbocycles. The summed E-state index contributed by atoms with van der Waals surface area (Å²) in [5.74, 6) is -2.29. The van der Waals surface area contributed by atoms with E-state index in [1.165, 1.54) is 89.9 Å². The molecule has 3 N–H and O–H groups in total. The smallest absolute Gasteiger partial charge is 0.462 e. The van der Waals surface area contributed by atoms with Crippen molar-refractivity contribution in [1.82, 2.24) is 0 Å². The minimum absolute atomic E-state index is 0.0133. The normalized spacial score (nSPS) is 14.5. The Kier molecular flexibility index (Phi) is 71.4. The van der Waals surface area contributed by atoms with Gasteiger partial charge in [-0.3, -0.25) is 37.3 Å². The summed E-state index contributed by atoms with van der Waals surface area (Å²) in [5, 5.41) is 10.6. The fourth-order valence-corrected chi connectivity index (χ4v) is 11.9. The van der Waals surface area contributed by atoms with Gasteiger partial charge in [0.15, 0.2) is 12.2 Å². The van der Waals surface area contributed by atoms with E-state index in [1.807, 2.05) is 12.2 Å². The summed E-state index contributed by atoms with van der Waals surface area (Å²) < 4.78 is 68.5. The number of phosphoric acid groups is 2. The van der Waals surface area contributed by atoms with Crippen molar-refractivity contribution in [3.05, 3.63) is 122 Å². The molecule has 0 aliphatic heterocycles. The predicted molar refractivity (Wildman–Crippen MR) is 418 cm³/mol. The Hall–Kier alpha value is -4.54. The van der Waals surface area contributed by atoms with Crippen LogP contribution in [0.3, 0.4) is 0 Å². The Morgan fingerprint density at radius 1 is 0.284 bits per heavy atom. The fourth-order valence-electron chi connectivity index (χ4n) is 10.3. The molecular formula is C83H142O17P2. The molecule has 2 unspecified atom stereocenters. The summed E-state index contributed by atoms with van der Waals surface area (Å²) in [4.78, 5) is 73.0. The average molecular weight is 1470 g/mol. The zero-order valence-electron chi connectivity index (χ0n) is 64.0. The van der Waals surface area contributed by atoms with Crippen LogP contribution in [0.4, 0.5) is 0 Å². The van der Waals surface area contributed by atoms with Crippen molar-refractivity contribution in [2.24, 2.45) is 0 Å². The number of carbonyl (C=O) groups is 4. The lowest BCUT2D eigenvalue weighted by atomic mass is 10.1. The topological polar surface area (TPSA) is 237 Å². The molecule has 0 fully saturated rings. The van der Waals surface area contributed by atoms with Crippen molar-refractivity contribution in [3.8, 4) is 0 Å². The molecule has 102 heavy (non-hydrogen) atoms. The number of aliphatic hydroxyl groups is 1. The molecule has 0 rings (SSSR count). The number of aliphatic hydroxyl groups excluding tert-OH is 1. The first-order valence-electron chi connectivity index (χ1n) is 39.8. The van der Waals surface area contributed by atoms with Crippen molar-refractivity contribution in [2.45, 2.75) is 341 Å². The summed E-state index contributed by atoms with van der Waals surface area (Å²) in [6.07, 6.45) is 81.8. The standard InChI is InChI=1S/C83H142O17P2/c1-5-9-13-17-21-25-29-33-37-38-42-46-50-54-58-62-66-70-83(88)100-79(74-94-81(86)68-64-60-56-52-48-44-40-35-31-27-23-19-15-11-7-3)76-98-102(91,92)96-72-77(84)71-95-101(89,90)97-75-78(99-82(87)69-65-61-57-53-49-45-41-36-32-28-24-20-16-12-8-4)73-93-80(85)67-63-59-55-51-47-43-39-34-30-26-22-18-14-10-6-2/h21,24-28,30-31,33-37,39-42,46,54,58,77-79,84H,5-20,22-23,29,32,38,43-45,47-53,55-57,59-76H2,1-4H3,(H,89,90)(H,91,92)/b25-21-,28-24-,30-26-,31-27-,37-33-,39-34-,40-35-,41-36-,46-42-,58-54-/t77-,78-,79-/m1/s1. The average Bonchev–Trinajstić information content (AvgIpc) is 0.917. The van der Waals surface area contributed by atoms with Crippen LogP contribution in [0.1, 0.15) is 323 Å². The Morgan fingerprint density at radius 3 is 0.853 bits per heavy atom. The molecule has 0 bridgehead atoms. The second-order valence-electron chi connectivity index (χ2n) is 26.3. The molecular weight excluding hydrogens is 1330 g/mol. The van der Waals surface area contributed by atoms with Gasteiger partial charge in [-0.2, -0.15) is 0 Å². The van der Waals surface area contributed by atoms with Gasteiger partial charge in [-0.15, -0.1) is 0 Å². The third kappa shape index (κ3) is 73.8. The SMILES string of the molecule is CCCCC/C=C\C/C=C\C/C=C\C/C=C\CCCC(=O)O[C@H](COC(=O)CCCCCCC/C=C\C=C/CCCCCC)COP(=O)(O)OC[C@H](O)COP(=O)(O)OC[C@@H](COC(=O)CCCCCCC/C=C\C=C/CCCCCC)OC(=O)CCCCCCC/C=C\C/C=C\CCCCC. The first-order chi connectivity index (χ1) is 49.7. The highest BCUT2D eigenvalue weighted by molar-refractivity contribution is 7.47. The molecule has 0 aliphatic rings. The van der Waals surface area contributed by atoms with Gasteiger partial charge in [0, 0.05) is 25.7 Å². The van der Waals surface area contributed by atoms with E-state index >= 15 is 0 Å². The molecule has 0 spiro atoms. The third-order valence-corrected chi connectivity index (χ3v) is 18.3. The van der Waals surface area contributed by atoms with E-state index in [0.29, 0.717) is 32.1 Å². The molecule has 0 amide bonds. The number of hydrogen-bond acceptors (Lipinski definition) is 15. The number of rotatable bonds is 74. The molecule has 0 heterocycles. The highest BCUT2D eigenvalue weighted by Gasteiger charge is 2.30. The van der Waals surface area contributed by atoms with E-state index in [4.69, 9.17) is 37.0 Å². The van der Waals surface area contributed by atoms with Gasteiger partial charge in [-0.25, -0.2) is 9.13 Å². The number of unbranched alkanes of at least 4 members (excludes halogenated alkanes) is 30. The van der Waals surface area contributed by atoms with Gasteiger partial charge in [0.05, 0.1) is 26.4 Å². The lowest BCUT2D eigenvalue weighted by Gasteiger charge is -2.21. The van der Waals surface area contributed by atoms with E-state index in [9.17, 15) is 43.2 Å². The minimum Gasteiger partial charge on any atom is -0.462 e. The summed E-state index contributed by atoms with van der Waals surface area (Å²) in [6.45, 7) is 4.68.